The van der Waals surface area contributed by atoms with E-state index in [0.29, 0.717) is 11.1 Å². The van der Waals surface area contributed by atoms with Crippen molar-refractivity contribution in [3.63, 3.8) is 0 Å². The van der Waals surface area contributed by atoms with Crippen molar-refractivity contribution >= 4 is 11.7 Å². The van der Waals surface area contributed by atoms with E-state index < -0.39 is 10.9 Å². The van der Waals surface area contributed by atoms with E-state index in [0.717, 1.165) is 0 Å². The van der Waals surface area contributed by atoms with E-state index >= 15 is 0 Å². The molecular weight excluding hydrogens is 198 g/mol. The third kappa shape index (κ3) is 2.12. The number of nitro benzene ring substituents is 1. The second-order valence-electron chi connectivity index (χ2n) is 3.21. The monoisotopic (exact) mass is 209 g/mol. The fourth-order valence-electron chi connectivity index (χ4n) is 1.35. The summed E-state index contributed by atoms with van der Waals surface area (Å²) in [5, 5.41) is 10.7. The van der Waals surface area contributed by atoms with Crippen LogP contribution in [0, 0.1) is 24.0 Å². The van der Waals surface area contributed by atoms with Crippen LogP contribution in [0.2, 0.25) is 0 Å². The van der Waals surface area contributed by atoms with Gasteiger partial charge < -0.3 is 4.74 Å². The fraction of sp³-hybridized carbons (Fsp3) is 0.300. The van der Waals surface area contributed by atoms with Gasteiger partial charge in [0.1, 0.15) is 0 Å². The minimum absolute atomic E-state index is 0.0598. The molecule has 0 N–H and O–H groups in total. The summed E-state index contributed by atoms with van der Waals surface area (Å²) >= 11 is 0. The van der Waals surface area contributed by atoms with Crippen LogP contribution in [0.15, 0.2) is 12.1 Å². The van der Waals surface area contributed by atoms with E-state index in [2.05, 4.69) is 4.74 Å². The van der Waals surface area contributed by atoms with Gasteiger partial charge in [-0.15, -0.1) is 0 Å². The van der Waals surface area contributed by atoms with Crippen LogP contribution in [0.4, 0.5) is 5.69 Å². The summed E-state index contributed by atoms with van der Waals surface area (Å²) in [5.41, 5.74) is 1.17. The molecule has 0 bridgehead atoms. The molecule has 0 aliphatic rings. The van der Waals surface area contributed by atoms with Gasteiger partial charge in [-0.1, -0.05) is 0 Å². The number of nitrogens with zero attached hydrogens (tertiary/aromatic N) is 1. The van der Waals surface area contributed by atoms with Crippen LogP contribution in [0.25, 0.3) is 0 Å². The third-order valence-electron chi connectivity index (χ3n) is 2.13. The van der Waals surface area contributed by atoms with Crippen molar-refractivity contribution < 1.29 is 14.5 Å². The van der Waals surface area contributed by atoms with E-state index in [4.69, 9.17) is 0 Å². The van der Waals surface area contributed by atoms with Crippen LogP contribution in [-0.2, 0) is 4.74 Å². The normalized spacial score (nSPS) is 9.80. The van der Waals surface area contributed by atoms with E-state index in [-0.39, 0.29) is 11.3 Å². The number of aryl methyl sites for hydroxylation is 1. The van der Waals surface area contributed by atoms with Crippen molar-refractivity contribution in [3.8, 4) is 0 Å². The van der Waals surface area contributed by atoms with Crippen molar-refractivity contribution in [1.82, 2.24) is 0 Å². The van der Waals surface area contributed by atoms with Crippen molar-refractivity contribution in [1.29, 1.82) is 0 Å². The average molecular weight is 209 g/mol. The highest BCUT2D eigenvalue weighted by molar-refractivity contribution is 5.92. The molecule has 0 heterocycles. The highest BCUT2D eigenvalue weighted by Crippen LogP contribution is 2.23. The Morgan fingerprint density at radius 3 is 2.47 bits per heavy atom. The molecule has 5 heteroatoms. The van der Waals surface area contributed by atoms with Crippen LogP contribution in [0.3, 0.4) is 0 Å². The van der Waals surface area contributed by atoms with E-state index in [1.165, 1.54) is 20.1 Å². The molecular formula is C10H11NO4. The van der Waals surface area contributed by atoms with Crippen LogP contribution in [0.5, 0.6) is 0 Å². The first-order valence-electron chi connectivity index (χ1n) is 4.31. The lowest BCUT2D eigenvalue weighted by Gasteiger charge is -2.05. The maximum atomic E-state index is 11.3. The van der Waals surface area contributed by atoms with Gasteiger partial charge in [-0.05, 0) is 25.5 Å². The molecule has 1 aromatic carbocycles. The Hall–Kier alpha value is -1.91. The average Bonchev–Trinajstić information content (AvgIpc) is 2.19. The van der Waals surface area contributed by atoms with Gasteiger partial charge in [-0.3, -0.25) is 10.1 Å². The zero-order chi connectivity index (χ0) is 11.6. The molecule has 0 unspecified atom stereocenters. The molecule has 0 amide bonds. The summed E-state index contributed by atoms with van der Waals surface area (Å²) in [7, 11) is 1.25. The Morgan fingerprint density at radius 2 is 2.00 bits per heavy atom. The number of benzene rings is 1. The lowest BCUT2D eigenvalue weighted by atomic mass is 10.0. The predicted octanol–water partition coefficient (Wildman–Crippen LogP) is 2.00. The number of carbonyl (C=O) groups is 1. The fourth-order valence-corrected chi connectivity index (χ4v) is 1.35. The zero-order valence-corrected chi connectivity index (χ0v) is 8.73. The maximum Gasteiger partial charge on any atom is 0.338 e. The molecule has 0 spiro atoms. The zero-order valence-electron chi connectivity index (χ0n) is 8.73. The lowest BCUT2D eigenvalue weighted by Crippen LogP contribution is -2.06. The SMILES string of the molecule is COC(=O)c1cc(C)cc([N+](=O)[O-])c1C. The molecule has 5 nitrogen and oxygen atoms in total. The quantitative estimate of drug-likeness (QED) is 0.424. The predicted molar refractivity (Wildman–Crippen MR) is 53.9 cm³/mol. The molecule has 0 fully saturated rings. The van der Waals surface area contributed by atoms with Crippen LogP contribution in [0.1, 0.15) is 21.5 Å². The summed E-state index contributed by atoms with van der Waals surface area (Å²) in [5.74, 6) is -0.556. The summed E-state index contributed by atoms with van der Waals surface area (Å²) in [6.07, 6.45) is 0. The van der Waals surface area contributed by atoms with Crippen molar-refractivity contribution in [2.75, 3.05) is 7.11 Å². The van der Waals surface area contributed by atoms with Gasteiger partial charge in [0.25, 0.3) is 5.69 Å². The minimum Gasteiger partial charge on any atom is -0.465 e. The molecule has 0 aromatic heterocycles. The summed E-state index contributed by atoms with van der Waals surface area (Å²) in [6.45, 7) is 3.22. The number of methoxy groups -OCH3 is 1. The van der Waals surface area contributed by atoms with E-state index in [1.807, 2.05) is 0 Å². The van der Waals surface area contributed by atoms with Gasteiger partial charge in [-0.2, -0.15) is 0 Å². The Kier molecular flexibility index (Phi) is 3.04. The number of ether oxygens (including phenoxy) is 1. The number of esters is 1. The molecule has 80 valence electrons. The van der Waals surface area contributed by atoms with Crippen molar-refractivity contribution in [3.05, 3.63) is 38.9 Å². The standard InChI is InChI=1S/C10H11NO4/c1-6-4-8(10(12)15-3)7(2)9(5-6)11(13)14/h4-5H,1-3H3. The molecule has 0 radical (unpaired) electrons. The Balaban J connectivity index is 3.41. The van der Waals surface area contributed by atoms with Crippen molar-refractivity contribution in [2.24, 2.45) is 0 Å². The highest BCUT2D eigenvalue weighted by atomic mass is 16.6. The number of carbonyl (C=O) groups excluding carboxylic acids is 1. The van der Waals surface area contributed by atoms with Gasteiger partial charge in [-0.25, -0.2) is 4.79 Å². The maximum absolute atomic E-state index is 11.3. The lowest BCUT2D eigenvalue weighted by molar-refractivity contribution is -0.385. The Morgan fingerprint density at radius 1 is 1.40 bits per heavy atom. The number of rotatable bonds is 2. The minimum atomic E-state index is -0.556. The number of hydrogen-bond donors (Lipinski definition) is 0. The van der Waals surface area contributed by atoms with Crippen molar-refractivity contribution in [2.45, 2.75) is 13.8 Å². The molecule has 1 aromatic rings. The topological polar surface area (TPSA) is 69.4 Å². The van der Waals surface area contributed by atoms with E-state index in [9.17, 15) is 14.9 Å². The highest BCUT2D eigenvalue weighted by Gasteiger charge is 2.19. The molecule has 0 aliphatic heterocycles. The van der Waals surface area contributed by atoms with Crippen LogP contribution in [-0.4, -0.2) is 18.0 Å². The molecule has 1 rings (SSSR count). The summed E-state index contributed by atoms with van der Waals surface area (Å²) < 4.78 is 4.55. The van der Waals surface area contributed by atoms with Crippen LogP contribution >= 0.6 is 0 Å². The first-order valence-corrected chi connectivity index (χ1v) is 4.31. The number of nitro groups is 1. The summed E-state index contributed by atoms with van der Waals surface area (Å²) in [6, 6.07) is 3.01. The van der Waals surface area contributed by atoms with Gasteiger partial charge in [0.15, 0.2) is 0 Å². The van der Waals surface area contributed by atoms with E-state index in [1.54, 1.807) is 13.0 Å². The molecule has 0 saturated carbocycles. The Bertz CT molecular complexity index is 426. The second kappa shape index (κ2) is 4.08. The van der Waals surface area contributed by atoms with Gasteiger partial charge in [0.05, 0.1) is 17.6 Å². The largest absolute Gasteiger partial charge is 0.465 e. The Labute approximate surface area is 86.8 Å². The first kappa shape index (κ1) is 11.2. The smallest absolute Gasteiger partial charge is 0.338 e. The second-order valence-corrected chi connectivity index (χ2v) is 3.21. The van der Waals surface area contributed by atoms with Gasteiger partial charge in [0, 0.05) is 11.6 Å². The molecule has 0 atom stereocenters. The van der Waals surface area contributed by atoms with Crippen LogP contribution < -0.4 is 0 Å². The number of hydrogen-bond acceptors (Lipinski definition) is 4. The molecule has 0 saturated heterocycles. The first-order chi connectivity index (χ1) is 6.97. The summed E-state index contributed by atoms with van der Waals surface area (Å²) in [4.78, 5) is 21.5. The molecule has 0 aliphatic carbocycles. The molecule has 15 heavy (non-hydrogen) atoms. The third-order valence-corrected chi connectivity index (χ3v) is 2.13. The van der Waals surface area contributed by atoms with Gasteiger partial charge >= 0.3 is 5.97 Å². The van der Waals surface area contributed by atoms with Gasteiger partial charge in [0.2, 0.25) is 0 Å².